The minimum atomic E-state index is 0.606. The predicted molar refractivity (Wildman–Crippen MR) is 157 cm³/mol. The first-order valence-electron chi connectivity index (χ1n) is 12.3. The van der Waals surface area contributed by atoms with E-state index >= 15 is 0 Å². The summed E-state index contributed by atoms with van der Waals surface area (Å²) in [7, 11) is 0. The molecule has 0 fully saturated rings. The summed E-state index contributed by atoms with van der Waals surface area (Å²) >= 11 is 3.61. The second kappa shape index (κ2) is 9.36. The molecule has 7 rings (SSSR count). The van der Waals surface area contributed by atoms with Gasteiger partial charge in [0.1, 0.15) is 11.2 Å². The summed E-state index contributed by atoms with van der Waals surface area (Å²) in [6.45, 7) is 0. The molecular formula is C33H20BrN3O. The fraction of sp³-hybridized carbons (Fsp3) is 0. The van der Waals surface area contributed by atoms with E-state index in [9.17, 15) is 0 Å². The Morgan fingerprint density at radius 1 is 0.474 bits per heavy atom. The van der Waals surface area contributed by atoms with Crippen LogP contribution in [0.5, 0.6) is 0 Å². The zero-order chi connectivity index (χ0) is 25.5. The Morgan fingerprint density at radius 3 is 1.76 bits per heavy atom. The lowest BCUT2D eigenvalue weighted by Crippen LogP contribution is -2.00. The van der Waals surface area contributed by atoms with Gasteiger partial charge in [-0.3, -0.25) is 0 Å². The zero-order valence-corrected chi connectivity index (χ0v) is 21.8. The van der Waals surface area contributed by atoms with Crippen LogP contribution in [0.4, 0.5) is 0 Å². The fourth-order valence-corrected chi connectivity index (χ4v) is 5.13. The van der Waals surface area contributed by atoms with Gasteiger partial charge in [0.15, 0.2) is 17.5 Å². The van der Waals surface area contributed by atoms with E-state index in [0.29, 0.717) is 17.5 Å². The molecule has 0 aliphatic carbocycles. The zero-order valence-electron chi connectivity index (χ0n) is 20.2. The lowest BCUT2D eigenvalue weighted by Gasteiger charge is -2.10. The Bertz CT molecular complexity index is 1910. The third-order valence-electron chi connectivity index (χ3n) is 6.62. The largest absolute Gasteiger partial charge is 0.456 e. The Morgan fingerprint density at radius 2 is 1.05 bits per heavy atom. The highest BCUT2D eigenvalue weighted by Gasteiger charge is 2.18. The van der Waals surface area contributed by atoms with Crippen molar-refractivity contribution in [2.75, 3.05) is 0 Å². The number of benzene rings is 5. The van der Waals surface area contributed by atoms with Gasteiger partial charge in [-0.1, -0.05) is 113 Å². The van der Waals surface area contributed by atoms with Gasteiger partial charge in [-0.2, -0.15) is 0 Å². The highest BCUT2D eigenvalue weighted by atomic mass is 79.9. The van der Waals surface area contributed by atoms with Gasteiger partial charge >= 0.3 is 0 Å². The van der Waals surface area contributed by atoms with E-state index in [1.165, 1.54) is 5.56 Å². The van der Waals surface area contributed by atoms with E-state index in [1.807, 2.05) is 78.9 Å². The SMILES string of the molecule is Brc1ccc2oc3cccc(-c4nc(-c5ccccc5)nc(-c5ccc(-c6ccccc6)cc5)n4)c3c2c1. The van der Waals surface area contributed by atoms with Gasteiger partial charge in [-0.15, -0.1) is 0 Å². The van der Waals surface area contributed by atoms with Crippen molar-refractivity contribution < 1.29 is 4.42 Å². The molecule has 0 saturated heterocycles. The van der Waals surface area contributed by atoms with Crippen molar-refractivity contribution in [2.24, 2.45) is 0 Å². The average molecular weight is 554 g/mol. The summed E-state index contributed by atoms with van der Waals surface area (Å²) in [6.07, 6.45) is 0. The minimum absolute atomic E-state index is 0.606. The maximum atomic E-state index is 6.16. The van der Waals surface area contributed by atoms with Crippen LogP contribution in [0.3, 0.4) is 0 Å². The fourth-order valence-electron chi connectivity index (χ4n) is 4.77. The topological polar surface area (TPSA) is 51.8 Å². The lowest BCUT2D eigenvalue weighted by atomic mass is 10.0. The molecular weight excluding hydrogens is 534 g/mol. The van der Waals surface area contributed by atoms with E-state index in [0.717, 1.165) is 48.7 Å². The number of hydrogen-bond donors (Lipinski definition) is 0. The smallest absolute Gasteiger partial charge is 0.164 e. The number of halogens is 1. The second-order valence-corrected chi connectivity index (χ2v) is 9.95. The average Bonchev–Trinajstić information content (AvgIpc) is 3.36. The van der Waals surface area contributed by atoms with E-state index < -0.39 is 0 Å². The number of hydrogen-bond acceptors (Lipinski definition) is 4. The lowest BCUT2D eigenvalue weighted by molar-refractivity contribution is 0.669. The minimum Gasteiger partial charge on any atom is -0.456 e. The Hall–Kier alpha value is -4.61. The summed E-state index contributed by atoms with van der Waals surface area (Å²) in [6, 6.07) is 40.8. The molecule has 0 spiro atoms. The van der Waals surface area contributed by atoms with Gasteiger partial charge in [0, 0.05) is 31.9 Å². The van der Waals surface area contributed by atoms with Crippen molar-refractivity contribution in [3.8, 4) is 45.3 Å². The van der Waals surface area contributed by atoms with Gasteiger partial charge < -0.3 is 4.42 Å². The van der Waals surface area contributed by atoms with E-state index in [2.05, 4.69) is 58.4 Å². The quantitative estimate of drug-likeness (QED) is 0.218. The number of nitrogens with zero attached hydrogens (tertiary/aromatic N) is 3. The highest BCUT2D eigenvalue weighted by molar-refractivity contribution is 9.10. The summed E-state index contributed by atoms with van der Waals surface area (Å²) in [5, 5.41) is 2.00. The maximum Gasteiger partial charge on any atom is 0.164 e. The van der Waals surface area contributed by atoms with Gasteiger partial charge in [-0.25, -0.2) is 15.0 Å². The summed E-state index contributed by atoms with van der Waals surface area (Å²) in [5.41, 5.74) is 6.71. The molecule has 180 valence electrons. The first-order chi connectivity index (χ1) is 18.7. The van der Waals surface area contributed by atoms with Crippen LogP contribution in [0.15, 0.2) is 130 Å². The molecule has 0 N–H and O–H groups in total. The third kappa shape index (κ3) is 4.07. The molecule has 5 heteroatoms. The van der Waals surface area contributed by atoms with Crippen LogP contribution in [0.1, 0.15) is 0 Å². The number of aromatic nitrogens is 3. The van der Waals surface area contributed by atoms with E-state index in [-0.39, 0.29) is 0 Å². The van der Waals surface area contributed by atoms with Crippen molar-refractivity contribution in [2.45, 2.75) is 0 Å². The van der Waals surface area contributed by atoms with Crippen LogP contribution in [-0.4, -0.2) is 15.0 Å². The molecule has 0 atom stereocenters. The van der Waals surface area contributed by atoms with Crippen molar-refractivity contribution >= 4 is 37.9 Å². The highest BCUT2D eigenvalue weighted by Crippen LogP contribution is 2.37. The van der Waals surface area contributed by atoms with Crippen LogP contribution in [0.2, 0.25) is 0 Å². The number of rotatable bonds is 4. The van der Waals surface area contributed by atoms with Gasteiger partial charge in [0.2, 0.25) is 0 Å². The molecule has 0 bridgehead atoms. The standard InChI is InChI=1S/C33H20BrN3O/c34-25-18-19-28-27(20-25)30-26(12-7-13-29(30)38-28)33-36-31(23-10-5-2-6-11-23)35-32(37-33)24-16-14-22(15-17-24)21-8-3-1-4-9-21/h1-20H. The molecule has 0 amide bonds. The van der Waals surface area contributed by atoms with Crippen LogP contribution in [0, 0.1) is 0 Å². The Balaban J connectivity index is 1.43. The number of fused-ring (bicyclic) bond motifs is 3. The van der Waals surface area contributed by atoms with Gasteiger partial charge in [-0.05, 0) is 35.4 Å². The molecule has 38 heavy (non-hydrogen) atoms. The molecule has 5 aromatic carbocycles. The van der Waals surface area contributed by atoms with E-state index in [1.54, 1.807) is 0 Å². The van der Waals surface area contributed by atoms with Crippen LogP contribution >= 0.6 is 15.9 Å². The summed E-state index contributed by atoms with van der Waals surface area (Å²) in [5.74, 6) is 1.86. The molecule has 0 aliphatic rings. The Labute approximate surface area is 227 Å². The molecule has 0 aliphatic heterocycles. The first kappa shape index (κ1) is 22.6. The number of furan rings is 1. The van der Waals surface area contributed by atoms with E-state index in [4.69, 9.17) is 19.4 Å². The van der Waals surface area contributed by atoms with Crippen molar-refractivity contribution in [3.63, 3.8) is 0 Å². The third-order valence-corrected chi connectivity index (χ3v) is 7.11. The maximum absolute atomic E-state index is 6.16. The second-order valence-electron chi connectivity index (χ2n) is 9.04. The van der Waals surface area contributed by atoms with Crippen molar-refractivity contribution in [1.29, 1.82) is 0 Å². The molecule has 0 radical (unpaired) electrons. The van der Waals surface area contributed by atoms with Crippen molar-refractivity contribution in [3.05, 3.63) is 126 Å². The van der Waals surface area contributed by atoms with Gasteiger partial charge in [0.25, 0.3) is 0 Å². The van der Waals surface area contributed by atoms with Gasteiger partial charge in [0.05, 0.1) is 0 Å². The van der Waals surface area contributed by atoms with Crippen molar-refractivity contribution in [1.82, 2.24) is 15.0 Å². The molecule has 7 aromatic rings. The molecule has 0 unspecified atom stereocenters. The predicted octanol–water partition coefficient (Wildman–Crippen LogP) is 9.20. The summed E-state index contributed by atoms with van der Waals surface area (Å²) < 4.78 is 7.15. The van der Waals surface area contributed by atoms with Crippen LogP contribution in [0.25, 0.3) is 67.2 Å². The van der Waals surface area contributed by atoms with Crippen LogP contribution in [-0.2, 0) is 0 Å². The molecule has 2 heterocycles. The van der Waals surface area contributed by atoms with Crippen LogP contribution < -0.4 is 0 Å². The molecule has 0 saturated carbocycles. The normalized spacial score (nSPS) is 11.3. The summed E-state index contributed by atoms with van der Waals surface area (Å²) in [4.78, 5) is 14.8. The first-order valence-corrected chi connectivity index (χ1v) is 13.1. The monoisotopic (exact) mass is 553 g/mol. The Kier molecular flexibility index (Phi) is 5.56. The molecule has 4 nitrogen and oxygen atoms in total. The molecule has 2 aromatic heterocycles.